The van der Waals surface area contributed by atoms with Crippen molar-refractivity contribution in [1.82, 2.24) is 15.6 Å². The molecule has 2 atom stereocenters. The number of nitrogens with two attached hydrogens (primary N) is 1. The lowest BCUT2D eigenvalue weighted by Crippen LogP contribution is -2.62. The average molecular weight is 300 g/mol. The Morgan fingerprint density at radius 2 is 1.77 bits per heavy atom. The molecule has 6 nitrogen and oxygen atoms in total. The summed E-state index contributed by atoms with van der Waals surface area (Å²) in [5.74, 6) is -0.259. The molecule has 1 saturated heterocycles. The van der Waals surface area contributed by atoms with Crippen molar-refractivity contribution in [3.8, 4) is 0 Å². The van der Waals surface area contributed by atoms with E-state index in [4.69, 9.17) is 5.73 Å². The van der Waals surface area contributed by atoms with E-state index in [2.05, 4.69) is 15.6 Å². The van der Waals surface area contributed by atoms with Crippen LogP contribution in [0.5, 0.6) is 0 Å². The van der Waals surface area contributed by atoms with Gasteiger partial charge in [0.1, 0.15) is 12.1 Å². The highest BCUT2D eigenvalue weighted by Gasteiger charge is 2.33. The highest BCUT2D eigenvalue weighted by atomic mass is 16.2. The molecule has 2 unspecified atom stereocenters. The fourth-order valence-corrected chi connectivity index (χ4v) is 2.87. The Labute approximate surface area is 128 Å². The number of aromatic amines is 1. The van der Waals surface area contributed by atoms with Crippen LogP contribution in [0.15, 0.2) is 30.5 Å². The number of carbonyl (C=O) groups is 2. The van der Waals surface area contributed by atoms with E-state index >= 15 is 0 Å². The summed E-state index contributed by atoms with van der Waals surface area (Å²) in [6.45, 7) is 0.512. The van der Waals surface area contributed by atoms with Gasteiger partial charge in [-0.3, -0.25) is 9.59 Å². The van der Waals surface area contributed by atoms with Crippen molar-refractivity contribution in [3.63, 3.8) is 0 Å². The third kappa shape index (κ3) is 2.82. The first-order chi connectivity index (χ1) is 10.7. The highest BCUT2D eigenvalue weighted by molar-refractivity contribution is 5.97. The summed E-state index contributed by atoms with van der Waals surface area (Å²) >= 11 is 0. The van der Waals surface area contributed by atoms with Crippen molar-refractivity contribution in [1.29, 1.82) is 0 Å². The lowest BCUT2D eigenvalue weighted by molar-refractivity contribution is -0.136. The number of hydrogen-bond donors (Lipinski definition) is 4. The second-order valence-corrected chi connectivity index (χ2v) is 5.62. The molecule has 6 heteroatoms. The molecule has 22 heavy (non-hydrogen) atoms. The van der Waals surface area contributed by atoms with E-state index < -0.39 is 12.1 Å². The second kappa shape index (κ2) is 6.19. The van der Waals surface area contributed by atoms with Crippen molar-refractivity contribution in [2.24, 2.45) is 5.73 Å². The van der Waals surface area contributed by atoms with Crippen molar-refractivity contribution < 1.29 is 9.59 Å². The average Bonchev–Trinajstić information content (AvgIpc) is 2.92. The molecule has 1 aromatic heterocycles. The van der Waals surface area contributed by atoms with E-state index in [1.165, 1.54) is 0 Å². The van der Waals surface area contributed by atoms with Gasteiger partial charge in [0.25, 0.3) is 0 Å². The van der Waals surface area contributed by atoms with Gasteiger partial charge >= 0.3 is 0 Å². The van der Waals surface area contributed by atoms with Gasteiger partial charge in [0.15, 0.2) is 0 Å². The maximum atomic E-state index is 12.2. The van der Waals surface area contributed by atoms with Crippen molar-refractivity contribution in [3.05, 3.63) is 36.0 Å². The minimum atomic E-state index is -0.527. The Bertz CT molecular complexity index is 694. The van der Waals surface area contributed by atoms with Gasteiger partial charge in [-0.05, 0) is 31.0 Å². The molecule has 1 aliphatic heterocycles. The van der Waals surface area contributed by atoms with Gasteiger partial charge in [-0.2, -0.15) is 0 Å². The normalized spacial score (nSPS) is 21.7. The minimum Gasteiger partial charge on any atom is -0.361 e. The molecule has 0 saturated carbocycles. The number of piperazine rings is 1. The number of rotatable bonds is 5. The van der Waals surface area contributed by atoms with Crippen molar-refractivity contribution in [2.75, 3.05) is 6.54 Å². The topological polar surface area (TPSA) is 100 Å². The Balaban J connectivity index is 1.71. The van der Waals surface area contributed by atoms with E-state index in [9.17, 15) is 9.59 Å². The van der Waals surface area contributed by atoms with Crippen LogP contribution in [0, 0.1) is 0 Å². The molecule has 1 fully saturated rings. The fraction of sp³-hybridized carbons (Fsp3) is 0.375. The van der Waals surface area contributed by atoms with Crippen LogP contribution in [0.3, 0.4) is 0 Å². The Morgan fingerprint density at radius 3 is 2.59 bits per heavy atom. The van der Waals surface area contributed by atoms with Crippen molar-refractivity contribution in [2.45, 2.75) is 31.3 Å². The van der Waals surface area contributed by atoms with Crippen LogP contribution >= 0.6 is 0 Å². The molecule has 0 aliphatic carbocycles. The molecule has 116 valence electrons. The number of H-pyrrole nitrogens is 1. The zero-order valence-corrected chi connectivity index (χ0v) is 12.3. The summed E-state index contributed by atoms with van der Waals surface area (Å²) in [4.78, 5) is 27.5. The number of amides is 2. The van der Waals surface area contributed by atoms with E-state index in [0.717, 1.165) is 16.5 Å². The van der Waals surface area contributed by atoms with Crippen LogP contribution < -0.4 is 16.4 Å². The van der Waals surface area contributed by atoms with E-state index in [1.54, 1.807) is 0 Å². The Kier molecular flexibility index (Phi) is 4.11. The first-order valence-corrected chi connectivity index (χ1v) is 7.55. The van der Waals surface area contributed by atoms with E-state index in [-0.39, 0.29) is 11.8 Å². The van der Waals surface area contributed by atoms with Gasteiger partial charge in [0.05, 0.1) is 0 Å². The molecule has 0 bridgehead atoms. The standard InChI is InChI=1S/C16H20N4O2/c17-7-3-6-13-15(21)20-14(16(22)19-13)8-10-9-18-12-5-2-1-4-11(10)12/h1-2,4-5,9,13-14,18H,3,6-8,17H2,(H,19,22)(H,20,21). The fourth-order valence-electron chi connectivity index (χ4n) is 2.87. The molecule has 3 rings (SSSR count). The highest BCUT2D eigenvalue weighted by Crippen LogP contribution is 2.20. The Morgan fingerprint density at radius 1 is 1.05 bits per heavy atom. The van der Waals surface area contributed by atoms with Crippen LogP contribution in [-0.4, -0.2) is 35.4 Å². The number of hydrogen-bond acceptors (Lipinski definition) is 3. The zero-order valence-electron chi connectivity index (χ0n) is 12.3. The Hall–Kier alpha value is -2.34. The third-order valence-corrected chi connectivity index (χ3v) is 4.06. The number of fused-ring (bicyclic) bond motifs is 1. The summed E-state index contributed by atoms with van der Waals surface area (Å²) < 4.78 is 0. The summed E-state index contributed by atoms with van der Waals surface area (Å²) in [6.07, 6.45) is 3.66. The molecule has 1 aliphatic rings. The molecular formula is C16H20N4O2. The maximum absolute atomic E-state index is 12.2. The lowest BCUT2D eigenvalue weighted by Gasteiger charge is -2.29. The third-order valence-electron chi connectivity index (χ3n) is 4.06. The summed E-state index contributed by atoms with van der Waals surface area (Å²) in [7, 11) is 0. The quantitative estimate of drug-likeness (QED) is 0.644. The minimum absolute atomic E-state index is 0.127. The largest absolute Gasteiger partial charge is 0.361 e. The number of carbonyl (C=O) groups excluding carboxylic acids is 2. The lowest BCUT2D eigenvalue weighted by atomic mass is 10.00. The molecule has 0 radical (unpaired) electrons. The molecule has 0 spiro atoms. The summed E-state index contributed by atoms with van der Waals surface area (Å²) in [6, 6.07) is 6.92. The smallest absolute Gasteiger partial charge is 0.243 e. The van der Waals surface area contributed by atoms with Gasteiger partial charge in [0, 0.05) is 23.5 Å². The van der Waals surface area contributed by atoms with Crippen LogP contribution in [0.4, 0.5) is 0 Å². The van der Waals surface area contributed by atoms with Crippen LogP contribution in [-0.2, 0) is 16.0 Å². The van der Waals surface area contributed by atoms with E-state index in [1.807, 2.05) is 30.5 Å². The van der Waals surface area contributed by atoms with Crippen molar-refractivity contribution >= 4 is 22.7 Å². The van der Waals surface area contributed by atoms with Gasteiger partial charge < -0.3 is 21.4 Å². The number of aromatic nitrogens is 1. The second-order valence-electron chi connectivity index (χ2n) is 5.62. The first-order valence-electron chi connectivity index (χ1n) is 7.55. The predicted molar refractivity (Wildman–Crippen MR) is 84.2 cm³/mol. The van der Waals surface area contributed by atoms with E-state index in [0.29, 0.717) is 25.8 Å². The summed E-state index contributed by atoms with van der Waals surface area (Å²) in [5, 5.41) is 6.70. The monoisotopic (exact) mass is 300 g/mol. The first kappa shape index (κ1) is 14.6. The molecule has 2 amide bonds. The zero-order chi connectivity index (χ0) is 15.5. The molecule has 1 aromatic carbocycles. The van der Waals surface area contributed by atoms with Gasteiger partial charge in [-0.1, -0.05) is 18.2 Å². The molecular weight excluding hydrogens is 280 g/mol. The van der Waals surface area contributed by atoms with Gasteiger partial charge in [-0.25, -0.2) is 0 Å². The van der Waals surface area contributed by atoms with Crippen LogP contribution in [0.25, 0.3) is 10.9 Å². The molecule has 5 N–H and O–H groups in total. The molecule has 2 heterocycles. The van der Waals surface area contributed by atoms with Gasteiger partial charge in [-0.15, -0.1) is 0 Å². The van der Waals surface area contributed by atoms with Crippen LogP contribution in [0.2, 0.25) is 0 Å². The molecule has 2 aromatic rings. The SMILES string of the molecule is NCCCC1NC(=O)C(Cc2c[nH]c3ccccc23)NC1=O. The van der Waals surface area contributed by atoms with Crippen LogP contribution in [0.1, 0.15) is 18.4 Å². The van der Waals surface area contributed by atoms with Gasteiger partial charge in [0.2, 0.25) is 11.8 Å². The number of nitrogens with one attached hydrogen (secondary N) is 3. The number of benzene rings is 1. The number of para-hydroxylation sites is 1. The summed E-state index contributed by atoms with van der Waals surface area (Å²) in [5.41, 5.74) is 7.50. The predicted octanol–water partition coefficient (Wildman–Crippen LogP) is 0.432. The maximum Gasteiger partial charge on any atom is 0.243 e.